The molecule has 110 valence electrons. The first-order valence-corrected chi connectivity index (χ1v) is 6.49. The molecule has 2 amide bonds. The van der Waals surface area contributed by atoms with Crippen molar-refractivity contribution in [1.82, 2.24) is 10.6 Å². The second kappa shape index (κ2) is 8.14. The molecular weight excluding hydrogens is 263 g/mol. The second-order valence-electron chi connectivity index (χ2n) is 4.24. The number of aryl methyl sites for hydroxylation is 1. The van der Waals surface area contributed by atoms with E-state index in [0.717, 1.165) is 6.07 Å². The van der Waals surface area contributed by atoms with Crippen LogP contribution in [0, 0.1) is 12.7 Å². The number of hydrogen-bond donors (Lipinski definition) is 2. The van der Waals surface area contributed by atoms with Gasteiger partial charge in [0.25, 0.3) is 0 Å². The Morgan fingerprint density at radius 1 is 1.30 bits per heavy atom. The van der Waals surface area contributed by atoms with Crippen molar-refractivity contribution in [2.75, 3.05) is 19.7 Å². The van der Waals surface area contributed by atoms with Crippen molar-refractivity contribution in [3.63, 3.8) is 0 Å². The maximum atomic E-state index is 13.3. The minimum Gasteiger partial charge on any atom is -0.462 e. The van der Waals surface area contributed by atoms with Gasteiger partial charge in [0.05, 0.1) is 12.2 Å². The predicted molar refractivity (Wildman–Crippen MR) is 73.1 cm³/mol. The third-order valence-electron chi connectivity index (χ3n) is 2.58. The van der Waals surface area contributed by atoms with Gasteiger partial charge in [-0.25, -0.2) is 14.0 Å². The topological polar surface area (TPSA) is 67.4 Å². The van der Waals surface area contributed by atoms with Gasteiger partial charge >= 0.3 is 12.0 Å². The molecule has 0 aliphatic rings. The molecule has 0 atom stereocenters. The molecule has 0 unspecified atom stereocenters. The van der Waals surface area contributed by atoms with Gasteiger partial charge in [-0.1, -0.05) is 6.07 Å². The van der Waals surface area contributed by atoms with Gasteiger partial charge in [0.15, 0.2) is 0 Å². The maximum absolute atomic E-state index is 13.3. The van der Waals surface area contributed by atoms with Gasteiger partial charge < -0.3 is 15.4 Å². The summed E-state index contributed by atoms with van der Waals surface area (Å²) in [7, 11) is 0. The number of carbonyl (C=O) groups excluding carboxylic acids is 2. The molecule has 1 aromatic carbocycles. The number of ether oxygens (including phenoxy) is 1. The number of esters is 1. The fourth-order valence-electron chi connectivity index (χ4n) is 1.47. The summed E-state index contributed by atoms with van der Waals surface area (Å²) in [6, 6.07) is 3.96. The van der Waals surface area contributed by atoms with Crippen LogP contribution in [0.3, 0.4) is 0 Å². The lowest BCUT2D eigenvalue weighted by atomic mass is 10.1. The average Bonchev–Trinajstić information content (AvgIpc) is 2.41. The monoisotopic (exact) mass is 282 g/mol. The molecule has 2 N–H and O–H groups in total. The van der Waals surface area contributed by atoms with Crippen LogP contribution in [-0.4, -0.2) is 31.7 Å². The molecule has 0 saturated carbocycles. The number of nitrogens with one attached hydrogen (secondary N) is 2. The molecule has 0 bridgehead atoms. The molecular formula is C14H19FN2O3. The van der Waals surface area contributed by atoms with Gasteiger partial charge in [-0.3, -0.25) is 0 Å². The molecule has 6 heteroatoms. The lowest BCUT2D eigenvalue weighted by Gasteiger charge is -2.07. The van der Waals surface area contributed by atoms with E-state index in [4.69, 9.17) is 4.74 Å². The summed E-state index contributed by atoms with van der Waals surface area (Å²) in [5.74, 6) is -1.00. The minimum atomic E-state index is -0.568. The number of amides is 2. The number of halogens is 1. The fourth-order valence-corrected chi connectivity index (χ4v) is 1.47. The molecule has 0 radical (unpaired) electrons. The number of rotatable bonds is 6. The van der Waals surface area contributed by atoms with Gasteiger partial charge in [0, 0.05) is 13.1 Å². The first-order valence-electron chi connectivity index (χ1n) is 6.49. The third kappa shape index (κ3) is 5.26. The van der Waals surface area contributed by atoms with Crippen LogP contribution in [0.1, 0.15) is 29.3 Å². The summed E-state index contributed by atoms with van der Waals surface area (Å²) in [6.07, 6.45) is 0.497. The fraction of sp³-hybridized carbons (Fsp3) is 0.429. The summed E-state index contributed by atoms with van der Waals surface area (Å²) in [4.78, 5) is 22.7. The van der Waals surface area contributed by atoms with Gasteiger partial charge in [-0.05, 0) is 38.0 Å². The largest absolute Gasteiger partial charge is 0.462 e. The minimum absolute atomic E-state index is 0.167. The summed E-state index contributed by atoms with van der Waals surface area (Å²) < 4.78 is 18.3. The molecule has 0 spiro atoms. The van der Waals surface area contributed by atoms with Crippen molar-refractivity contribution in [3.8, 4) is 0 Å². The molecule has 0 aliphatic heterocycles. The van der Waals surface area contributed by atoms with Crippen LogP contribution in [0.4, 0.5) is 9.18 Å². The third-order valence-corrected chi connectivity index (χ3v) is 2.58. The Balaban J connectivity index is 2.26. The molecule has 0 aliphatic carbocycles. The van der Waals surface area contributed by atoms with E-state index in [0.29, 0.717) is 25.1 Å². The zero-order valence-corrected chi connectivity index (χ0v) is 11.7. The first-order chi connectivity index (χ1) is 9.54. The van der Waals surface area contributed by atoms with Crippen LogP contribution in [0.15, 0.2) is 18.2 Å². The normalized spacial score (nSPS) is 9.95. The first kappa shape index (κ1) is 15.9. The second-order valence-corrected chi connectivity index (χ2v) is 4.24. The standard InChI is InChI=1S/C14H19FN2O3/c1-3-16-14(19)17-7-4-8-20-13(18)11-6-5-10(2)12(15)9-11/h5-6,9H,3-4,7-8H2,1-2H3,(H2,16,17,19). The zero-order valence-electron chi connectivity index (χ0n) is 11.7. The SMILES string of the molecule is CCNC(=O)NCCCOC(=O)c1ccc(C)c(F)c1. The molecule has 0 heterocycles. The van der Waals surface area contributed by atoms with Crippen molar-refractivity contribution in [3.05, 3.63) is 35.1 Å². The average molecular weight is 282 g/mol. The zero-order chi connectivity index (χ0) is 15.0. The van der Waals surface area contributed by atoms with E-state index in [-0.39, 0.29) is 18.2 Å². The summed E-state index contributed by atoms with van der Waals surface area (Å²) >= 11 is 0. The number of benzene rings is 1. The number of urea groups is 1. The van der Waals surface area contributed by atoms with E-state index >= 15 is 0 Å². The van der Waals surface area contributed by atoms with E-state index in [1.165, 1.54) is 12.1 Å². The van der Waals surface area contributed by atoms with Crippen LogP contribution in [0.25, 0.3) is 0 Å². The van der Waals surface area contributed by atoms with Crippen molar-refractivity contribution in [2.24, 2.45) is 0 Å². The Morgan fingerprint density at radius 2 is 2.05 bits per heavy atom. The number of hydrogen-bond acceptors (Lipinski definition) is 3. The van der Waals surface area contributed by atoms with E-state index in [1.807, 2.05) is 6.92 Å². The molecule has 1 aromatic rings. The lowest BCUT2D eigenvalue weighted by molar-refractivity contribution is 0.0501. The van der Waals surface area contributed by atoms with Crippen LogP contribution < -0.4 is 10.6 Å². The predicted octanol–water partition coefficient (Wildman–Crippen LogP) is 2.00. The van der Waals surface area contributed by atoms with Crippen LogP contribution in [-0.2, 0) is 4.74 Å². The number of carbonyl (C=O) groups is 2. The highest BCUT2D eigenvalue weighted by Gasteiger charge is 2.09. The van der Waals surface area contributed by atoms with Crippen LogP contribution in [0.2, 0.25) is 0 Å². The Hall–Kier alpha value is -2.11. The Morgan fingerprint density at radius 3 is 2.70 bits per heavy atom. The molecule has 20 heavy (non-hydrogen) atoms. The Kier molecular flexibility index (Phi) is 6.49. The van der Waals surface area contributed by atoms with E-state index < -0.39 is 11.8 Å². The van der Waals surface area contributed by atoms with Crippen molar-refractivity contribution < 1.29 is 18.7 Å². The molecule has 5 nitrogen and oxygen atoms in total. The van der Waals surface area contributed by atoms with E-state index in [9.17, 15) is 14.0 Å². The molecule has 0 saturated heterocycles. The van der Waals surface area contributed by atoms with Crippen molar-refractivity contribution in [1.29, 1.82) is 0 Å². The quantitative estimate of drug-likeness (QED) is 0.619. The molecule has 0 fully saturated rings. The summed E-state index contributed by atoms with van der Waals surface area (Å²) in [5.41, 5.74) is 0.664. The van der Waals surface area contributed by atoms with Crippen molar-refractivity contribution in [2.45, 2.75) is 20.3 Å². The van der Waals surface area contributed by atoms with Gasteiger partial charge in [0.1, 0.15) is 5.82 Å². The molecule has 0 aromatic heterocycles. The van der Waals surface area contributed by atoms with Gasteiger partial charge in [0.2, 0.25) is 0 Å². The lowest BCUT2D eigenvalue weighted by Crippen LogP contribution is -2.36. The van der Waals surface area contributed by atoms with Gasteiger partial charge in [-0.15, -0.1) is 0 Å². The smallest absolute Gasteiger partial charge is 0.338 e. The van der Waals surface area contributed by atoms with E-state index in [1.54, 1.807) is 6.92 Å². The maximum Gasteiger partial charge on any atom is 0.338 e. The highest BCUT2D eigenvalue weighted by atomic mass is 19.1. The molecule has 1 rings (SSSR count). The van der Waals surface area contributed by atoms with E-state index in [2.05, 4.69) is 10.6 Å². The summed E-state index contributed by atoms with van der Waals surface area (Å²) in [5, 5.41) is 5.20. The van der Waals surface area contributed by atoms with Crippen LogP contribution in [0.5, 0.6) is 0 Å². The Labute approximate surface area is 117 Å². The summed E-state index contributed by atoms with van der Waals surface area (Å²) in [6.45, 7) is 4.57. The van der Waals surface area contributed by atoms with Gasteiger partial charge in [-0.2, -0.15) is 0 Å². The highest BCUT2D eigenvalue weighted by molar-refractivity contribution is 5.89. The Bertz CT molecular complexity index is 477. The van der Waals surface area contributed by atoms with Crippen LogP contribution >= 0.6 is 0 Å². The highest BCUT2D eigenvalue weighted by Crippen LogP contribution is 2.10. The van der Waals surface area contributed by atoms with Crippen molar-refractivity contribution >= 4 is 12.0 Å².